The van der Waals surface area contributed by atoms with E-state index in [1.165, 1.54) is 5.69 Å². The van der Waals surface area contributed by atoms with E-state index in [0.717, 1.165) is 49.1 Å². The highest BCUT2D eigenvalue weighted by molar-refractivity contribution is 7.85. The highest BCUT2D eigenvalue weighted by Crippen LogP contribution is 2.23. The van der Waals surface area contributed by atoms with Crippen molar-refractivity contribution < 1.29 is 4.21 Å². The topological polar surface area (TPSA) is 49.6 Å². The Morgan fingerprint density at radius 3 is 2.90 bits per heavy atom. The Balaban J connectivity index is 1.97. The summed E-state index contributed by atoms with van der Waals surface area (Å²) >= 11 is 0. The number of aromatic nitrogens is 2. The molecule has 0 aliphatic carbocycles. The number of hydrogen-bond donors (Lipinski definition) is 1. The molecule has 1 N–H and O–H groups in total. The zero-order valence-electron chi connectivity index (χ0n) is 11.7. The fraction of sp³-hybridized carbons (Fsp3) is 0.500. The van der Waals surface area contributed by atoms with Gasteiger partial charge >= 0.3 is 0 Å². The molecule has 1 aliphatic heterocycles. The highest BCUT2D eigenvalue weighted by Gasteiger charge is 2.21. The van der Waals surface area contributed by atoms with E-state index in [1.807, 2.05) is 18.2 Å². The van der Waals surface area contributed by atoms with Gasteiger partial charge in [-0.1, -0.05) is 13.0 Å². The number of hydrogen-bond acceptors (Lipinski definition) is 4. The minimum absolute atomic E-state index is 0.656. The number of rotatable bonds is 4. The molecular formula is C14H20N4OS. The van der Waals surface area contributed by atoms with Crippen molar-refractivity contribution in [2.45, 2.75) is 13.5 Å². The van der Waals surface area contributed by atoms with E-state index < -0.39 is 10.8 Å². The Kier molecular flexibility index (Phi) is 4.03. The lowest BCUT2D eigenvalue weighted by molar-refractivity contribution is 0.669. The van der Waals surface area contributed by atoms with E-state index in [-0.39, 0.29) is 0 Å². The van der Waals surface area contributed by atoms with Crippen LogP contribution in [0.3, 0.4) is 0 Å². The third-order valence-electron chi connectivity index (χ3n) is 3.63. The van der Waals surface area contributed by atoms with Gasteiger partial charge in [-0.05, 0) is 18.7 Å². The van der Waals surface area contributed by atoms with Gasteiger partial charge in [-0.3, -0.25) is 4.21 Å². The Morgan fingerprint density at radius 1 is 1.35 bits per heavy atom. The molecule has 0 spiro atoms. The van der Waals surface area contributed by atoms with Crippen molar-refractivity contribution in [3.8, 4) is 0 Å². The van der Waals surface area contributed by atoms with Crippen LogP contribution in [0.1, 0.15) is 12.6 Å². The van der Waals surface area contributed by atoms with Crippen LogP contribution in [0.4, 0.5) is 5.82 Å². The third-order valence-corrected chi connectivity index (χ3v) is 4.90. The fourth-order valence-electron chi connectivity index (χ4n) is 2.54. The Labute approximate surface area is 121 Å². The van der Waals surface area contributed by atoms with Crippen LogP contribution in [0.2, 0.25) is 0 Å². The van der Waals surface area contributed by atoms with Crippen LogP contribution >= 0.6 is 0 Å². The van der Waals surface area contributed by atoms with Gasteiger partial charge in [0.1, 0.15) is 5.65 Å². The Morgan fingerprint density at radius 2 is 2.15 bits per heavy atom. The van der Waals surface area contributed by atoms with E-state index in [9.17, 15) is 4.21 Å². The van der Waals surface area contributed by atoms with Gasteiger partial charge in [-0.15, -0.1) is 0 Å². The molecule has 6 heteroatoms. The zero-order chi connectivity index (χ0) is 13.9. The fourth-order valence-corrected chi connectivity index (χ4v) is 3.60. The van der Waals surface area contributed by atoms with Crippen molar-refractivity contribution in [1.29, 1.82) is 0 Å². The van der Waals surface area contributed by atoms with Crippen LogP contribution in [0, 0.1) is 0 Å². The Hall–Kier alpha value is -1.40. The number of nitrogens with one attached hydrogen (secondary N) is 1. The van der Waals surface area contributed by atoms with Gasteiger partial charge in [0, 0.05) is 48.1 Å². The average Bonchev–Trinajstić information content (AvgIpc) is 2.84. The molecule has 1 fully saturated rings. The molecule has 0 unspecified atom stereocenters. The Bertz CT molecular complexity index is 615. The van der Waals surface area contributed by atoms with Crippen molar-refractivity contribution >= 4 is 22.3 Å². The summed E-state index contributed by atoms with van der Waals surface area (Å²) in [6.07, 6.45) is 2.06. The minimum atomic E-state index is -0.656. The summed E-state index contributed by atoms with van der Waals surface area (Å²) < 4.78 is 13.7. The maximum atomic E-state index is 11.5. The molecule has 2 aromatic rings. The quantitative estimate of drug-likeness (QED) is 0.914. The van der Waals surface area contributed by atoms with Gasteiger partial charge in [-0.2, -0.15) is 0 Å². The van der Waals surface area contributed by atoms with Crippen LogP contribution in [0.15, 0.2) is 24.4 Å². The molecule has 1 saturated heterocycles. The van der Waals surface area contributed by atoms with E-state index in [0.29, 0.717) is 0 Å². The molecule has 0 saturated carbocycles. The van der Waals surface area contributed by atoms with Crippen LogP contribution in [0.5, 0.6) is 0 Å². The van der Waals surface area contributed by atoms with Crippen LogP contribution in [0.25, 0.3) is 5.65 Å². The van der Waals surface area contributed by atoms with Crippen LogP contribution in [-0.2, 0) is 17.3 Å². The predicted octanol–water partition coefficient (Wildman–Crippen LogP) is 1.01. The van der Waals surface area contributed by atoms with Gasteiger partial charge in [0.15, 0.2) is 5.82 Å². The summed E-state index contributed by atoms with van der Waals surface area (Å²) in [6, 6.07) is 6.06. The first kappa shape index (κ1) is 13.6. The van der Waals surface area contributed by atoms with E-state index in [2.05, 4.69) is 27.7 Å². The van der Waals surface area contributed by atoms with Crippen LogP contribution in [-0.4, -0.2) is 44.7 Å². The molecule has 3 heterocycles. The first-order valence-electron chi connectivity index (χ1n) is 7.06. The first-order chi connectivity index (χ1) is 9.79. The maximum Gasteiger partial charge on any atom is 0.152 e. The summed E-state index contributed by atoms with van der Waals surface area (Å²) in [5.41, 5.74) is 2.16. The SMILES string of the molecule is CCNCc1c(N2CCS(=O)CC2)nc2ccccn12. The monoisotopic (exact) mass is 292 g/mol. The first-order valence-corrected chi connectivity index (χ1v) is 8.55. The third kappa shape index (κ3) is 2.58. The standard InChI is InChI=1S/C14H20N4OS/c1-2-15-11-12-14(17-7-9-20(19)10-8-17)16-13-5-3-4-6-18(12)13/h3-6,15H,2,7-11H2,1H3. The average molecular weight is 292 g/mol. The van der Waals surface area contributed by atoms with Gasteiger partial charge in [-0.25, -0.2) is 4.98 Å². The normalized spacial score (nSPS) is 16.9. The number of imidazole rings is 1. The van der Waals surface area contributed by atoms with Crippen molar-refractivity contribution in [3.63, 3.8) is 0 Å². The number of anilines is 1. The second kappa shape index (κ2) is 5.93. The van der Waals surface area contributed by atoms with Crippen LogP contribution < -0.4 is 10.2 Å². The second-order valence-corrected chi connectivity index (χ2v) is 6.62. The van der Waals surface area contributed by atoms with Gasteiger partial charge in [0.25, 0.3) is 0 Å². The van der Waals surface area contributed by atoms with Crippen molar-refractivity contribution in [2.75, 3.05) is 36.0 Å². The molecule has 0 radical (unpaired) electrons. The van der Waals surface area contributed by atoms with Crippen molar-refractivity contribution in [1.82, 2.24) is 14.7 Å². The maximum absolute atomic E-state index is 11.5. The van der Waals surface area contributed by atoms with E-state index in [1.54, 1.807) is 0 Å². The molecule has 3 rings (SSSR count). The number of nitrogens with zero attached hydrogens (tertiary/aromatic N) is 3. The zero-order valence-corrected chi connectivity index (χ0v) is 12.5. The molecule has 108 valence electrons. The van der Waals surface area contributed by atoms with E-state index >= 15 is 0 Å². The summed E-state index contributed by atoms with van der Waals surface area (Å²) in [7, 11) is -0.656. The lowest BCUT2D eigenvalue weighted by Gasteiger charge is -2.27. The summed E-state index contributed by atoms with van der Waals surface area (Å²) in [6.45, 7) is 5.50. The predicted molar refractivity (Wildman–Crippen MR) is 82.7 cm³/mol. The smallest absolute Gasteiger partial charge is 0.152 e. The van der Waals surface area contributed by atoms with Gasteiger partial charge in [0.2, 0.25) is 0 Å². The lowest BCUT2D eigenvalue weighted by Crippen LogP contribution is -2.38. The summed E-state index contributed by atoms with van der Waals surface area (Å²) in [5.74, 6) is 2.53. The molecule has 1 aliphatic rings. The number of fused-ring (bicyclic) bond motifs is 1. The molecule has 2 aromatic heterocycles. The van der Waals surface area contributed by atoms with Gasteiger partial charge in [0.05, 0.1) is 5.69 Å². The highest BCUT2D eigenvalue weighted by atomic mass is 32.2. The minimum Gasteiger partial charge on any atom is -0.353 e. The number of pyridine rings is 1. The largest absolute Gasteiger partial charge is 0.353 e. The molecular weight excluding hydrogens is 272 g/mol. The van der Waals surface area contributed by atoms with Crippen molar-refractivity contribution in [2.24, 2.45) is 0 Å². The molecule has 0 amide bonds. The summed E-state index contributed by atoms with van der Waals surface area (Å²) in [5, 5.41) is 3.38. The van der Waals surface area contributed by atoms with Gasteiger partial charge < -0.3 is 14.6 Å². The van der Waals surface area contributed by atoms with Crippen molar-refractivity contribution in [3.05, 3.63) is 30.1 Å². The molecule has 0 atom stereocenters. The molecule has 5 nitrogen and oxygen atoms in total. The van der Waals surface area contributed by atoms with E-state index in [4.69, 9.17) is 4.98 Å². The molecule has 20 heavy (non-hydrogen) atoms. The summed E-state index contributed by atoms with van der Waals surface area (Å²) in [4.78, 5) is 7.03. The second-order valence-electron chi connectivity index (χ2n) is 4.93. The molecule has 0 aromatic carbocycles. The molecule has 0 bridgehead atoms. The lowest BCUT2D eigenvalue weighted by atomic mass is 10.3.